The monoisotopic (exact) mass is 148 g/mol. The van der Waals surface area contributed by atoms with Gasteiger partial charge in [0.25, 0.3) is 0 Å². The van der Waals surface area contributed by atoms with Crippen molar-refractivity contribution in [2.45, 2.75) is 32.1 Å². The van der Waals surface area contributed by atoms with Crippen LogP contribution in [0.5, 0.6) is 0 Å². The van der Waals surface area contributed by atoms with E-state index < -0.39 is 0 Å². The molecule has 2 aliphatic carbocycles. The lowest BCUT2D eigenvalue weighted by Gasteiger charge is -2.13. The summed E-state index contributed by atoms with van der Waals surface area (Å²) < 4.78 is 0. The molecule has 0 aromatic rings. The van der Waals surface area contributed by atoms with Crippen LogP contribution in [0.2, 0.25) is 0 Å². The van der Waals surface area contributed by atoms with Crippen LogP contribution in [0.25, 0.3) is 0 Å². The summed E-state index contributed by atoms with van der Waals surface area (Å²) in [5.74, 6) is 0. The van der Waals surface area contributed by atoms with Crippen molar-refractivity contribution >= 4 is 0 Å². The van der Waals surface area contributed by atoms with Gasteiger partial charge < -0.3 is 0 Å². The highest BCUT2D eigenvalue weighted by atomic mass is 14.7. The molecule has 2 rings (SSSR count). The smallest absolute Gasteiger partial charge is 0.0118 e. The summed E-state index contributed by atoms with van der Waals surface area (Å²) in [6, 6.07) is 0. The molecule has 0 unspecified atom stereocenters. The third-order valence-corrected chi connectivity index (χ3v) is 3.78. The summed E-state index contributed by atoms with van der Waals surface area (Å²) in [5.41, 5.74) is 0.958. The Morgan fingerprint density at radius 3 is 1.91 bits per heavy atom. The molecule has 0 aromatic carbocycles. The second-order valence-electron chi connectivity index (χ2n) is 4.11. The maximum atomic E-state index is 3.91. The fraction of sp³-hybridized carbons (Fsp3) is 0.636. The summed E-state index contributed by atoms with van der Waals surface area (Å²) in [4.78, 5) is 0. The molecule has 11 heavy (non-hydrogen) atoms. The van der Waals surface area contributed by atoms with E-state index in [0.717, 1.165) is 0 Å². The highest BCUT2D eigenvalue weighted by molar-refractivity contribution is 5.29. The summed E-state index contributed by atoms with van der Waals surface area (Å²) in [6.45, 7) is 7.83. The van der Waals surface area contributed by atoms with Crippen LogP contribution in [0, 0.1) is 10.8 Å². The van der Waals surface area contributed by atoms with E-state index in [1.807, 2.05) is 0 Å². The lowest BCUT2D eigenvalue weighted by molar-refractivity contribution is 0.456. The molecule has 0 N–H and O–H groups in total. The first kappa shape index (κ1) is 7.15. The normalized spacial score (nSPS) is 30.2. The van der Waals surface area contributed by atoms with Gasteiger partial charge in [0.1, 0.15) is 0 Å². The zero-order valence-corrected chi connectivity index (χ0v) is 7.10. The Morgan fingerprint density at radius 2 is 1.55 bits per heavy atom. The summed E-state index contributed by atoms with van der Waals surface area (Å²) in [6.07, 6.45) is 11.2. The van der Waals surface area contributed by atoms with E-state index in [0.29, 0.717) is 10.8 Å². The van der Waals surface area contributed by atoms with Gasteiger partial charge in [-0.25, -0.2) is 0 Å². The van der Waals surface area contributed by atoms with E-state index in [1.165, 1.54) is 32.1 Å². The Bertz CT molecular complexity index is 186. The Labute approximate surface area is 69.0 Å². The molecule has 2 fully saturated rings. The van der Waals surface area contributed by atoms with Crippen LogP contribution < -0.4 is 0 Å². The van der Waals surface area contributed by atoms with E-state index in [-0.39, 0.29) is 0 Å². The molecule has 60 valence electrons. The van der Waals surface area contributed by atoms with Gasteiger partial charge in [-0.2, -0.15) is 0 Å². The molecule has 2 saturated carbocycles. The molecular formula is C11H16. The number of hydrogen-bond donors (Lipinski definition) is 0. The van der Waals surface area contributed by atoms with Crippen LogP contribution in [-0.2, 0) is 0 Å². The van der Waals surface area contributed by atoms with Crippen LogP contribution in [-0.4, -0.2) is 0 Å². The van der Waals surface area contributed by atoms with Crippen molar-refractivity contribution in [2.24, 2.45) is 10.8 Å². The molecule has 0 radical (unpaired) electrons. The minimum absolute atomic E-state index is 0.337. The van der Waals surface area contributed by atoms with Gasteiger partial charge in [0.15, 0.2) is 0 Å². The van der Waals surface area contributed by atoms with Gasteiger partial charge in [-0.05, 0) is 24.7 Å². The van der Waals surface area contributed by atoms with Crippen molar-refractivity contribution in [2.75, 3.05) is 0 Å². The number of hydrogen-bond acceptors (Lipinski definition) is 0. The SMILES string of the molecule is C=CC1(C=C)CC12CCCC2. The fourth-order valence-corrected chi connectivity index (χ4v) is 2.87. The molecular weight excluding hydrogens is 132 g/mol. The Balaban J connectivity index is 2.21. The predicted molar refractivity (Wildman–Crippen MR) is 48.3 cm³/mol. The summed E-state index contributed by atoms with van der Waals surface area (Å²) in [7, 11) is 0. The van der Waals surface area contributed by atoms with Gasteiger partial charge in [0, 0.05) is 5.41 Å². The quantitative estimate of drug-likeness (QED) is 0.527. The lowest BCUT2D eigenvalue weighted by atomic mass is 9.91. The standard InChI is InChI=1S/C11H16/c1-3-10(4-2)9-11(10)7-5-6-8-11/h3-4H,1-2,5-9H2. The Hall–Kier alpha value is -0.520. The largest absolute Gasteiger partial charge is 0.102 e. The highest BCUT2D eigenvalue weighted by Gasteiger charge is 2.63. The molecule has 0 saturated heterocycles. The minimum Gasteiger partial charge on any atom is -0.102 e. The van der Waals surface area contributed by atoms with Crippen molar-refractivity contribution in [1.82, 2.24) is 0 Å². The van der Waals surface area contributed by atoms with Crippen LogP contribution in [0.4, 0.5) is 0 Å². The zero-order valence-electron chi connectivity index (χ0n) is 7.10. The van der Waals surface area contributed by atoms with Gasteiger partial charge in [0.05, 0.1) is 0 Å². The van der Waals surface area contributed by atoms with E-state index in [2.05, 4.69) is 25.3 Å². The number of allylic oxidation sites excluding steroid dienone is 2. The van der Waals surface area contributed by atoms with Crippen LogP contribution in [0.15, 0.2) is 25.3 Å². The molecule has 0 aliphatic heterocycles. The maximum Gasteiger partial charge on any atom is 0.0118 e. The zero-order chi connectivity index (χ0) is 7.95. The van der Waals surface area contributed by atoms with Crippen LogP contribution in [0.3, 0.4) is 0 Å². The molecule has 0 nitrogen and oxygen atoms in total. The minimum atomic E-state index is 0.337. The van der Waals surface area contributed by atoms with Gasteiger partial charge >= 0.3 is 0 Å². The Kier molecular flexibility index (Phi) is 1.30. The fourth-order valence-electron chi connectivity index (χ4n) is 2.87. The van der Waals surface area contributed by atoms with E-state index in [1.54, 1.807) is 0 Å². The van der Waals surface area contributed by atoms with E-state index >= 15 is 0 Å². The van der Waals surface area contributed by atoms with Crippen molar-refractivity contribution in [3.8, 4) is 0 Å². The van der Waals surface area contributed by atoms with Crippen molar-refractivity contribution in [1.29, 1.82) is 0 Å². The molecule has 0 heteroatoms. The number of rotatable bonds is 2. The van der Waals surface area contributed by atoms with Crippen molar-refractivity contribution < 1.29 is 0 Å². The van der Waals surface area contributed by atoms with E-state index in [4.69, 9.17) is 0 Å². The van der Waals surface area contributed by atoms with Crippen molar-refractivity contribution in [3.63, 3.8) is 0 Å². The van der Waals surface area contributed by atoms with Gasteiger partial charge in [-0.15, -0.1) is 13.2 Å². The predicted octanol–water partition coefficient (Wildman–Crippen LogP) is 3.31. The molecule has 0 atom stereocenters. The van der Waals surface area contributed by atoms with Gasteiger partial charge in [0.2, 0.25) is 0 Å². The van der Waals surface area contributed by atoms with Gasteiger partial charge in [-0.3, -0.25) is 0 Å². The highest BCUT2D eigenvalue weighted by Crippen LogP contribution is 2.72. The molecule has 1 spiro atoms. The topological polar surface area (TPSA) is 0 Å². The molecule has 0 heterocycles. The first-order chi connectivity index (χ1) is 5.29. The second kappa shape index (κ2) is 2.00. The first-order valence-electron chi connectivity index (χ1n) is 4.56. The molecule has 0 bridgehead atoms. The second-order valence-corrected chi connectivity index (χ2v) is 4.11. The van der Waals surface area contributed by atoms with Crippen LogP contribution in [0.1, 0.15) is 32.1 Å². The Morgan fingerprint density at radius 1 is 1.00 bits per heavy atom. The third kappa shape index (κ3) is 0.702. The lowest BCUT2D eigenvalue weighted by Crippen LogP contribution is -2.04. The third-order valence-electron chi connectivity index (χ3n) is 3.78. The first-order valence-corrected chi connectivity index (χ1v) is 4.56. The summed E-state index contributed by atoms with van der Waals surface area (Å²) >= 11 is 0. The molecule has 0 aromatic heterocycles. The maximum absolute atomic E-state index is 3.91. The van der Waals surface area contributed by atoms with Crippen molar-refractivity contribution in [3.05, 3.63) is 25.3 Å². The molecule has 0 amide bonds. The van der Waals surface area contributed by atoms with Gasteiger partial charge in [-0.1, -0.05) is 25.0 Å². The van der Waals surface area contributed by atoms with Crippen LogP contribution >= 0.6 is 0 Å². The molecule has 2 aliphatic rings. The van der Waals surface area contributed by atoms with E-state index in [9.17, 15) is 0 Å². The summed E-state index contributed by atoms with van der Waals surface area (Å²) in [5, 5.41) is 0. The average Bonchev–Trinajstić information content (AvgIpc) is 2.37. The average molecular weight is 148 g/mol.